The molecule has 8 heteroatoms. The number of aromatic hydroxyl groups is 1. The summed E-state index contributed by atoms with van der Waals surface area (Å²) >= 11 is -5.09. The molecule has 1 heterocycles. The standard InChI is InChI=1S/C8H10AsNO5.C5H5N/c1-5(11)10-6-2-3-7(8(12)4-6)9(13,14)15;1-2-4-6-5-3-1/h2-4,12H,1H3,(H,10,11)(H2,13,14,15);1-5H. The zero-order valence-corrected chi connectivity index (χ0v) is 13.0. The Morgan fingerprint density at radius 1 is 1.19 bits per heavy atom. The second kappa shape index (κ2) is 7.63. The van der Waals surface area contributed by atoms with Crippen LogP contribution in [0.15, 0.2) is 48.8 Å². The monoisotopic (exact) mass is 354 g/mol. The zero-order valence-electron chi connectivity index (χ0n) is 11.2. The smallest absolute Gasteiger partial charge is 0.0267 e. The molecule has 1 aromatic carbocycles. The van der Waals surface area contributed by atoms with E-state index in [4.69, 9.17) is 8.19 Å². The summed E-state index contributed by atoms with van der Waals surface area (Å²) in [5, 5.41) is 11.7. The van der Waals surface area contributed by atoms with E-state index in [1.54, 1.807) is 12.4 Å². The predicted molar refractivity (Wildman–Crippen MR) is 77.2 cm³/mol. The van der Waals surface area contributed by atoms with Crippen molar-refractivity contribution < 1.29 is 21.8 Å². The number of nitrogens with one attached hydrogen (secondary N) is 1. The van der Waals surface area contributed by atoms with Gasteiger partial charge in [0.1, 0.15) is 0 Å². The van der Waals surface area contributed by atoms with Crippen LogP contribution in [0.1, 0.15) is 6.92 Å². The van der Waals surface area contributed by atoms with Crippen LogP contribution in [0, 0.1) is 0 Å². The average Bonchev–Trinajstić information content (AvgIpc) is 2.39. The van der Waals surface area contributed by atoms with Gasteiger partial charge >= 0.3 is 88.1 Å². The summed E-state index contributed by atoms with van der Waals surface area (Å²) in [4.78, 5) is 14.4. The Bertz CT molecular complexity index is 616. The molecule has 1 aromatic heterocycles. The summed E-state index contributed by atoms with van der Waals surface area (Å²) < 4.78 is 28.2. The number of carbonyl (C=O) groups is 1. The second-order valence-corrected chi connectivity index (χ2v) is 7.25. The van der Waals surface area contributed by atoms with Gasteiger partial charge < -0.3 is 0 Å². The van der Waals surface area contributed by atoms with Crippen LogP contribution in [0.25, 0.3) is 0 Å². The molecule has 0 fully saturated rings. The molecule has 0 saturated heterocycles. The fraction of sp³-hybridized carbons (Fsp3) is 0.0769. The van der Waals surface area contributed by atoms with E-state index in [0.717, 1.165) is 12.1 Å². The maximum Gasteiger partial charge on any atom is 0.0267 e. The second-order valence-electron chi connectivity index (χ2n) is 3.95. The van der Waals surface area contributed by atoms with Gasteiger partial charge in [0.2, 0.25) is 0 Å². The number of amides is 1. The molecule has 2 aromatic rings. The Morgan fingerprint density at radius 3 is 2.14 bits per heavy atom. The van der Waals surface area contributed by atoms with E-state index in [9.17, 15) is 13.6 Å². The van der Waals surface area contributed by atoms with Gasteiger partial charge in [-0.15, -0.1) is 0 Å². The topological polar surface area (TPSA) is 120 Å². The van der Waals surface area contributed by atoms with Crippen molar-refractivity contribution in [2.24, 2.45) is 0 Å². The Morgan fingerprint density at radius 2 is 1.81 bits per heavy atom. The van der Waals surface area contributed by atoms with E-state index in [-0.39, 0.29) is 11.6 Å². The van der Waals surface area contributed by atoms with Crippen LogP contribution in [0.3, 0.4) is 0 Å². The minimum Gasteiger partial charge on any atom is -0.265 e. The molecule has 1 amide bonds. The van der Waals surface area contributed by atoms with Crippen molar-refractivity contribution in [2.75, 3.05) is 5.32 Å². The van der Waals surface area contributed by atoms with E-state index < -0.39 is 24.3 Å². The molecule has 0 radical (unpaired) electrons. The normalized spacial score (nSPS) is 10.2. The molecule has 0 spiro atoms. The first kappa shape index (κ1) is 17.0. The third-order valence-corrected chi connectivity index (χ3v) is 4.29. The summed E-state index contributed by atoms with van der Waals surface area (Å²) in [5.74, 6) is -0.850. The molecule has 0 aliphatic rings. The van der Waals surface area contributed by atoms with Crippen LogP contribution in [0.5, 0.6) is 5.75 Å². The van der Waals surface area contributed by atoms with Gasteiger partial charge in [-0.05, 0) is 12.1 Å². The van der Waals surface area contributed by atoms with E-state index in [1.165, 1.54) is 13.0 Å². The quantitative estimate of drug-likeness (QED) is 0.564. The van der Waals surface area contributed by atoms with E-state index in [0.29, 0.717) is 0 Å². The molecule has 21 heavy (non-hydrogen) atoms. The number of benzene rings is 1. The van der Waals surface area contributed by atoms with Crippen molar-refractivity contribution in [3.05, 3.63) is 48.8 Å². The first-order valence-electron chi connectivity index (χ1n) is 5.82. The number of hydrogen-bond donors (Lipinski definition) is 4. The van der Waals surface area contributed by atoms with Crippen molar-refractivity contribution in [3.63, 3.8) is 0 Å². The number of anilines is 1. The number of aromatic nitrogens is 1. The SMILES string of the molecule is CC(=O)Nc1ccc([As](=O)(O)O)c(O)c1.c1ccncc1. The van der Waals surface area contributed by atoms with Crippen LogP contribution < -0.4 is 9.67 Å². The molecule has 0 aliphatic carbocycles. The fourth-order valence-electron chi connectivity index (χ4n) is 1.36. The van der Waals surface area contributed by atoms with Crippen LogP contribution in [-0.4, -0.2) is 38.4 Å². The van der Waals surface area contributed by atoms with Gasteiger partial charge in [0.05, 0.1) is 0 Å². The van der Waals surface area contributed by atoms with Gasteiger partial charge in [-0.2, -0.15) is 0 Å². The molecular formula is C13H15AsN2O5. The number of phenolic OH excluding ortho intramolecular Hbond substituents is 1. The molecular weight excluding hydrogens is 339 g/mol. The summed E-state index contributed by atoms with van der Waals surface area (Å²) in [7, 11) is 0. The fourth-order valence-corrected chi connectivity index (χ4v) is 2.69. The van der Waals surface area contributed by atoms with Crippen molar-refractivity contribution in [1.82, 2.24) is 4.98 Å². The van der Waals surface area contributed by atoms with Crippen molar-refractivity contribution in [3.8, 4) is 5.75 Å². The van der Waals surface area contributed by atoms with E-state index >= 15 is 0 Å². The first-order chi connectivity index (χ1) is 9.80. The summed E-state index contributed by atoms with van der Waals surface area (Å²) in [6.45, 7) is 1.29. The molecule has 0 saturated carbocycles. The van der Waals surface area contributed by atoms with Crippen molar-refractivity contribution >= 4 is 30.1 Å². The molecule has 0 unspecified atom stereocenters. The summed E-state index contributed by atoms with van der Waals surface area (Å²) in [5.41, 5.74) is 0.285. The number of hydrogen-bond acceptors (Lipinski definition) is 4. The van der Waals surface area contributed by atoms with Gasteiger partial charge in [-0.3, -0.25) is 4.98 Å². The third-order valence-electron chi connectivity index (χ3n) is 2.18. The molecule has 0 atom stereocenters. The predicted octanol–water partition coefficient (Wildman–Crippen LogP) is -0.00680. The number of carbonyl (C=O) groups excluding carboxylic acids is 1. The van der Waals surface area contributed by atoms with E-state index in [1.807, 2.05) is 18.2 Å². The van der Waals surface area contributed by atoms with Gasteiger partial charge in [0.25, 0.3) is 0 Å². The van der Waals surface area contributed by atoms with E-state index in [2.05, 4.69) is 10.3 Å². The van der Waals surface area contributed by atoms with Gasteiger partial charge in [0.15, 0.2) is 0 Å². The van der Waals surface area contributed by atoms with Crippen molar-refractivity contribution in [2.45, 2.75) is 6.92 Å². The molecule has 7 nitrogen and oxygen atoms in total. The number of nitrogens with zero attached hydrogens (tertiary/aromatic N) is 1. The molecule has 0 bridgehead atoms. The number of phenols is 1. The summed E-state index contributed by atoms with van der Waals surface area (Å²) in [6, 6.07) is 9.22. The number of pyridine rings is 1. The van der Waals surface area contributed by atoms with Crippen LogP contribution in [0.4, 0.5) is 5.69 Å². The molecule has 4 N–H and O–H groups in total. The number of rotatable bonds is 2. The Hall–Kier alpha value is -2.08. The first-order valence-corrected chi connectivity index (χ1v) is 9.20. The molecule has 2 rings (SSSR count). The van der Waals surface area contributed by atoms with Crippen LogP contribution in [0.2, 0.25) is 0 Å². The average molecular weight is 354 g/mol. The minimum atomic E-state index is -5.09. The van der Waals surface area contributed by atoms with Crippen molar-refractivity contribution in [1.29, 1.82) is 0 Å². The molecule has 112 valence electrons. The van der Waals surface area contributed by atoms with Gasteiger partial charge in [-0.1, -0.05) is 6.07 Å². The zero-order chi connectivity index (χ0) is 15.9. The Balaban J connectivity index is 0.000000304. The van der Waals surface area contributed by atoms with Crippen LogP contribution >= 0.6 is 0 Å². The maximum atomic E-state index is 10.9. The Kier molecular flexibility index (Phi) is 6.17. The van der Waals surface area contributed by atoms with Gasteiger partial charge in [-0.25, -0.2) is 0 Å². The minimum absolute atomic E-state index is 0.285. The molecule has 0 aliphatic heterocycles. The largest absolute Gasteiger partial charge is 0.265 e. The third kappa shape index (κ3) is 6.27. The van der Waals surface area contributed by atoms with Gasteiger partial charge in [0, 0.05) is 12.4 Å². The van der Waals surface area contributed by atoms with Crippen LogP contribution in [-0.2, 0) is 8.53 Å². The summed E-state index contributed by atoms with van der Waals surface area (Å²) in [6.07, 6.45) is 3.50. The Labute approximate surface area is 124 Å². The maximum absolute atomic E-state index is 10.9.